The highest BCUT2D eigenvalue weighted by molar-refractivity contribution is 6.01. The van der Waals surface area contributed by atoms with Gasteiger partial charge in [-0.2, -0.15) is 0 Å². The Hall–Kier alpha value is -2.37. The van der Waals surface area contributed by atoms with Gasteiger partial charge >= 0.3 is 6.03 Å². The second-order valence-corrected chi connectivity index (χ2v) is 6.69. The van der Waals surface area contributed by atoms with Crippen molar-refractivity contribution in [2.24, 2.45) is 0 Å². The first kappa shape index (κ1) is 21.9. The van der Waals surface area contributed by atoms with Gasteiger partial charge in [-0.05, 0) is 43.8 Å². The molecule has 0 aromatic heterocycles. The summed E-state index contributed by atoms with van der Waals surface area (Å²) in [5, 5.41) is 3.02. The van der Waals surface area contributed by atoms with Gasteiger partial charge < -0.3 is 10.1 Å². The summed E-state index contributed by atoms with van der Waals surface area (Å²) in [5.41, 5.74) is 1.67. The Balaban J connectivity index is 2.22. The van der Waals surface area contributed by atoms with Crippen LogP contribution in [0.5, 0.6) is 0 Å². The van der Waals surface area contributed by atoms with Gasteiger partial charge in [0.15, 0.2) is 0 Å². The smallest absolute Gasteiger partial charge is 0.326 e. The molecule has 0 heterocycles. The van der Waals surface area contributed by atoms with Crippen molar-refractivity contribution in [2.45, 2.75) is 33.2 Å². The minimum atomic E-state index is -0.134. The number of para-hydroxylation sites is 2. The summed E-state index contributed by atoms with van der Waals surface area (Å²) in [4.78, 5) is 17.3. The second kappa shape index (κ2) is 12.2. The maximum absolute atomic E-state index is 13.1. The fourth-order valence-electron chi connectivity index (χ4n) is 3.21. The van der Waals surface area contributed by atoms with E-state index in [0.29, 0.717) is 13.2 Å². The highest BCUT2D eigenvalue weighted by Gasteiger charge is 2.24. The first-order valence-electron chi connectivity index (χ1n) is 10.2. The summed E-state index contributed by atoms with van der Waals surface area (Å²) in [6, 6.07) is 19.4. The van der Waals surface area contributed by atoms with Gasteiger partial charge in [0.25, 0.3) is 0 Å². The average molecular weight is 384 g/mol. The van der Waals surface area contributed by atoms with Crippen LogP contribution in [0.4, 0.5) is 16.2 Å². The molecule has 152 valence electrons. The maximum Gasteiger partial charge on any atom is 0.326 e. The first-order valence-corrected chi connectivity index (χ1v) is 10.2. The van der Waals surface area contributed by atoms with Crippen LogP contribution in [0.15, 0.2) is 60.7 Å². The fourth-order valence-corrected chi connectivity index (χ4v) is 3.21. The van der Waals surface area contributed by atoms with Crippen molar-refractivity contribution < 1.29 is 9.53 Å². The molecular weight excluding hydrogens is 350 g/mol. The van der Waals surface area contributed by atoms with Crippen molar-refractivity contribution in [2.75, 3.05) is 43.1 Å². The van der Waals surface area contributed by atoms with Crippen molar-refractivity contribution in [1.82, 2.24) is 4.90 Å². The van der Waals surface area contributed by atoms with E-state index >= 15 is 0 Å². The Morgan fingerprint density at radius 2 is 1.57 bits per heavy atom. The number of carbonyl (C=O) groups excluding carboxylic acids is 1. The van der Waals surface area contributed by atoms with Crippen LogP contribution in [0.1, 0.15) is 27.2 Å². The summed E-state index contributed by atoms with van der Waals surface area (Å²) in [6.07, 6.45) is 0.988. The number of hydrogen-bond acceptors (Lipinski definition) is 3. The number of nitrogens with one attached hydrogen (secondary N) is 1. The largest absolute Gasteiger partial charge is 0.380 e. The molecule has 2 amide bonds. The number of ether oxygens (including phenoxy) is 1. The Morgan fingerprint density at radius 3 is 2.14 bits per heavy atom. The zero-order valence-electron chi connectivity index (χ0n) is 17.3. The third-order valence-electron chi connectivity index (χ3n) is 4.72. The highest BCUT2D eigenvalue weighted by Crippen LogP contribution is 2.18. The van der Waals surface area contributed by atoms with E-state index in [1.165, 1.54) is 0 Å². The third kappa shape index (κ3) is 6.66. The molecule has 1 unspecified atom stereocenters. The lowest BCUT2D eigenvalue weighted by Gasteiger charge is -2.34. The minimum Gasteiger partial charge on any atom is -0.380 e. The topological polar surface area (TPSA) is 44.8 Å². The van der Waals surface area contributed by atoms with E-state index in [2.05, 4.69) is 31.0 Å². The number of carbonyl (C=O) groups is 1. The average Bonchev–Trinajstić information content (AvgIpc) is 2.73. The summed E-state index contributed by atoms with van der Waals surface area (Å²) >= 11 is 0. The number of benzene rings is 2. The molecular formula is C23H33N3O2. The quantitative estimate of drug-likeness (QED) is 0.564. The van der Waals surface area contributed by atoms with E-state index in [1.807, 2.05) is 65.6 Å². The van der Waals surface area contributed by atoms with Crippen LogP contribution in [0.25, 0.3) is 0 Å². The van der Waals surface area contributed by atoms with Gasteiger partial charge in [-0.1, -0.05) is 57.2 Å². The number of anilines is 2. The van der Waals surface area contributed by atoms with E-state index < -0.39 is 0 Å². The number of likely N-dealkylation sites (N-methyl/N-ethyl adjacent to an activating group) is 1. The number of hydrogen-bond donors (Lipinski definition) is 1. The standard InChI is InChI=1S/C23H33N3O2/c1-4-17-28-19-22(25(5-2)6-3)18-26(21-15-11-8-12-16-21)23(27)24-20-13-9-7-10-14-20/h7-16,22H,4-6,17-19H2,1-3H3,(H,24,27). The summed E-state index contributed by atoms with van der Waals surface area (Å²) in [5.74, 6) is 0. The zero-order valence-corrected chi connectivity index (χ0v) is 17.3. The lowest BCUT2D eigenvalue weighted by molar-refractivity contribution is 0.0668. The van der Waals surface area contributed by atoms with Crippen LogP contribution in [-0.4, -0.2) is 49.8 Å². The number of urea groups is 1. The molecule has 0 radical (unpaired) electrons. The van der Waals surface area contributed by atoms with Gasteiger partial charge in [-0.15, -0.1) is 0 Å². The van der Waals surface area contributed by atoms with Crippen LogP contribution in [0.2, 0.25) is 0 Å². The van der Waals surface area contributed by atoms with Crippen LogP contribution < -0.4 is 10.2 Å². The van der Waals surface area contributed by atoms with Gasteiger partial charge in [-0.3, -0.25) is 9.80 Å². The molecule has 0 fully saturated rings. The van der Waals surface area contributed by atoms with Crippen molar-refractivity contribution in [3.05, 3.63) is 60.7 Å². The molecule has 2 aromatic carbocycles. The van der Waals surface area contributed by atoms with Crippen LogP contribution in [0.3, 0.4) is 0 Å². The molecule has 0 saturated heterocycles. The van der Waals surface area contributed by atoms with E-state index in [0.717, 1.165) is 37.5 Å². The van der Waals surface area contributed by atoms with Crippen molar-refractivity contribution >= 4 is 17.4 Å². The zero-order chi connectivity index (χ0) is 20.2. The Morgan fingerprint density at radius 1 is 0.964 bits per heavy atom. The summed E-state index contributed by atoms with van der Waals surface area (Å²) in [6.45, 7) is 10.1. The summed E-state index contributed by atoms with van der Waals surface area (Å²) in [7, 11) is 0. The fraction of sp³-hybridized carbons (Fsp3) is 0.435. The minimum absolute atomic E-state index is 0.128. The molecule has 0 spiro atoms. The third-order valence-corrected chi connectivity index (χ3v) is 4.72. The lowest BCUT2D eigenvalue weighted by atomic mass is 10.2. The molecule has 1 N–H and O–H groups in total. The molecule has 1 atom stereocenters. The van der Waals surface area contributed by atoms with E-state index in [-0.39, 0.29) is 12.1 Å². The molecule has 0 aliphatic rings. The molecule has 2 aromatic rings. The Kier molecular flexibility index (Phi) is 9.52. The van der Waals surface area contributed by atoms with E-state index in [4.69, 9.17) is 4.74 Å². The number of nitrogens with zero attached hydrogens (tertiary/aromatic N) is 2. The second-order valence-electron chi connectivity index (χ2n) is 6.69. The monoisotopic (exact) mass is 383 g/mol. The van der Waals surface area contributed by atoms with Crippen molar-refractivity contribution in [3.8, 4) is 0 Å². The van der Waals surface area contributed by atoms with E-state index in [1.54, 1.807) is 0 Å². The van der Waals surface area contributed by atoms with Gasteiger partial charge in [0, 0.05) is 24.5 Å². The Bertz CT molecular complexity index is 675. The van der Waals surface area contributed by atoms with Crippen molar-refractivity contribution in [3.63, 3.8) is 0 Å². The molecule has 5 heteroatoms. The van der Waals surface area contributed by atoms with Gasteiger partial charge in [-0.25, -0.2) is 4.79 Å². The molecule has 28 heavy (non-hydrogen) atoms. The van der Waals surface area contributed by atoms with Crippen LogP contribution in [-0.2, 0) is 4.74 Å². The molecule has 0 aliphatic carbocycles. The molecule has 0 bridgehead atoms. The maximum atomic E-state index is 13.1. The summed E-state index contributed by atoms with van der Waals surface area (Å²) < 4.78 is 5.86. The molecule has 5 nitrogen and oxygen atoms in total. The van der Waals surface area contributed by atoms with Crippen LogP contribution >= 0.6 is 0 Å². The number of amides is 2. The number of rotatable bonds is 11. The van der Waals surface area contributed by atoms with E-state index in [9.17, 15) is 4.79 Å². The van der Waals surface area contributed by atoms with Gasteiger partial charge in [0.05, 0.1) is 12.6 Å². The highest BCUT2D eigenvalue weighted by atomic mass is 16.5. The SMILES string of the molecule is CCCOCC(CN(C(=O)Nc1ccccc1)c1ccccc1)N(CC)CC. The predicted molar refractivity (Wildman–Crippen MR) is 117 cm³/mol. The van der Waals surface area contributed by atoms with Gasteiger partial charge in [0.1, 0.15) is 0 Å². The first-order chi connectivity index (χ1) is 13.7. The van der Waals surface area contributed by atoms with Crippen LogP contribution in [0, 0.1) is 0 Å². The molecule has 2 rings (SSSR count). The Labute approximate surface area is 169 Å². The predicted octanol–water partition coefficient (Wildman–Crippen LogP) is 4.86. The van der Waals surface area contributed by atoms with Crippen molar-refractivity contribution in [1.29, 1.82) is 0 Å². The lowest BCUT2D eigenvalue weighted by Crippen LogP contribution is -2.49. The normalized spacial score (nSPS) is 12.0. The van der Waals surface area contributed by atoms with Gasteiger partial charge in [0.2, 0.25) is 0 Å². The molecule has 0 saturated carbocycles. The molecule has 0 aliphatic heterocycles.